The zero-order chi connectivity index (χ0) is 11.8. The minimum absolute atomic E-state index is 0.0870. The zero-order valence-electron chi connectivity index (χ0n) is 10.2. The molecule has 0 N–H and O–H groups in total. The number of hydrogen-bond acceptors (Lipinski definition) is 2. The van der Waals surface area contributed by atoms with Crippen molar-refractivity contribution in [1.82, 2.24) is 4.90 Å². The Morgan fingerprint density at radius 3 is 3.12 bits per heavy atom. The fraction of sp³-hybridized carbons (Fsp3) is 0.571. The van der Waals surface area contributed by atoms with Gasteiger partial charge in [-0.15, -0.1) is 11.8 Å². The summed E-state index contributed by atoms with van der Waals surface area (Å²) in [5.41, 5.74) is 1.25. The minimum Gasteiger partial charge on any atom is -0.303 e. The van der Waals surface area contributed by atoms with Crippen LogP contribution in [0.5, 0.6) is 0 Å². The first-order valence-corrected chi connectivity index (χ1v) is 7.35. The van der Waals surface area contributed by atoms with E-state index in [0.29, 0.717) is 12.0 Å². The van der Waals surface area contributed by atoms with Crippen LogP contribution in [-0.4, -0.2) is 30.3 Å². The number of benzene rings is 1. The molecule has 1 unspecified atom stereocenters. The van der Waals surface area contributed by atoms with Crippen molar-refractivity contribution in [3.8, 4) is 0 Å². The molecular formula is C14H18FNS. The lowest BCUT2D eigenvalue weighted by atomic mass is 9.93. The Morgan fingerprint density at radius 1 is 1.47 bits per heavy atom. The van der Waals surface area contributed by atoms with Crippen molar-refractivity contribution in [2.45, 2.75) is 36.1 Å². The number of rotatable bonds is 2. The van der Waals surface area contributed by atoms with Crippen LogP contribution in [-0.2, 0) is 0 Å². The molecule has 92 valence electrons. The Balaban J connectivity index is 1.76. The van der Waals surface area contributed by atoms with Gasteiger partial charge >= 0.3 is 0 Å². The summed E-state index contributed by atoms with van der Waals surface area (Å²) in [5.74, 6) is 1.59. The molecule has 1 aromatic rings. The normalized spacial score (nSPS) is 28.6. The molecule has 3 rings (SSSR count). The second-order valence-corrected chi connectivity index (χ2v) is 6.26. The maximum Gasteiger partial charge on any atom is 0.123 e. The van der Waals surface area contributed by atoms with Gasteiger partial charge in [0.05, 0.1) is 0 Å². The number of halogens is 1. The number of hydrogen-bond donors (Lipinski definition) is 0. The Hall–Kier alpha value is -0.540. The van der Waals surface area contributed by atoms with Crippen LogP contribution in [0.4, 0.5) is 4.39 Å². The Morgan fingerprint density at radius 2 is 2.35 bits per heavy atom. The van der Waals surface area contributed by atoms with Crippen LogP contribution >= 0.6 is 11.8 Å². The third kappa shape index (κ3) is 2.23. The quantitative estimate of drug-likeness (QED) is 0.791. The van der Waals surface area contributed by atoms with Gasteiger partial charge in [0.1, 0.15) is 5.82 Å². The van der Waals surface area contributed by atoms with Crippen molar-refractivity contribution in [3.05, 3.63) is 29.6 Å². The number of thioether (sulfide) groups is 1. The van der Waals surface area contributed by atoms with Crippen LogP contribution in [0.3, 0.4) is 0 Å². The molecule has 2 heterocycles. The maximum atomic E-state index is 13.3. The molecule has 1 fully saturated rings. The Labute approximate surface area is 106 Å². The van der Waals surface area contributed by atoms with Gasteiger partial charge in [0.15, 0.2) is 0 Å². The lowest BCUT2D eigenvalue weighted by molar-refractivity contribution is 0.286. The average molecular weight is 251 g/mol. The zero-order valence-corrected chi connectivity index (χ0v) is 11.0. The van der Waals surface area contributed by atoms with Gasteiger partial charge < -0.3 is 4.90 Å². The van der Waals surface area contributed by atoms with E-state index >= 15 is 0 Å². The predicted octanol–water partition coefficient (Wildman–Crippen LogP) is 3.50. The van der Waals surface area contributed by atoms with Crippen LogP contribution < -0.4 is 0 Å². The van der Waals surface area contributed by atoms with E-state index in [1.54, 1.807) is 12.1 Å². The maximum absolute atomic E-state index is 13.3. The number of likely N-dealkylation sites (tertiary alicyclic amines) is 1. The molecule has 3 heteroatoms. The smallest absolute Gasteiger partial charge is 0.123 e. The average Bonchev–Trinajstić information content (AvgIpc) is 2.88. The molecule has 0 bridgehead atoms. The highest BCUT2D eigenvalue weighted by Gasteiger charge is 2.29. The highest BCUT2D eigenvalue weighted by molar-refractivity contribution is 7.99. The third-order valence-electron chi connectivity index (χ3n) is 4.08. The third-order valence-corrected chi connectivity index (χ3v) is 5.33. The van der Waals surface area contributed by atoms with Crippen LogP contribution in [0, 0.1) is 5.82 Å². The van der Waals surface area contributed by atoms with E-state index in [0.717, 1.165) is 5.75 Å². The Bertz CT molecular complexity index is 421. The summed E-state index contributed by atoms with van der Waals surface area (Å²) in [6.45, 7) is 1.22. The van der Waals surface area contributed by atoms with Crippen molar-refractivity contribution in [1.29, 1.82) is 0 Å². The topological polar surface area (TPSA) is 3.24 Å². The lowest BCUT2D eigenvalue weighted by Gasteiger charge is -2.22. The van der Waals surface area contributed by atoms with Crippen LogP contribution in [0.15, 0.2) is 23.1 Å². The van der Waals surface area contributed by atoms with Crippen molar-refractivity contribution < 1.29 is 4.39 Å². The summed E-state index contributed by atoms with van der Waals surface area (Å²) >= 11 is 1.88. The molecule has 0 aromatic heterocycles. The van der Waals surface area contributed by atoms with Crippen LogP contribution in [0.2, 0.25) is 0 Å². The van der Waals surface area contributed by atoms with Gasteiger partial charge in [-0.1, -0.05) is 0 Å². The molecule has 1 saturated heterocycles. The molecule has 0 amide bonds. The number of nitrogens with zero attached hydrogens (tertiary/aromatic N) is 1. The van der Waals surface area contributed by atoms with Gasteiger partial charge in [0.2, 0.25) is 0 Å². The Kier molecular flexibility index (Phi) is 3.14. The first kappa shape index (κ1) is 11.5. The minimum atomic E-state index is -0.0870. The molecule has 0 radical (unpaired) electrons. The molecule has 1 aromatic carbocycles. The summed E-state index contributed by atoms with van der Waals surface area (Å²) in [4.78, 5) is 3.75. The molecule has 1 nitrogen and oxygen atoms in total. The van der Waals surface area contributed by atoms with E-state index in [1.807, 2.05) is 17.8 Å². The predicted molar refractivity (Wildman–Crippen MR) is 70.1 cm³/mol. The van der Waals surface area contributed by atoms with E-state index in [2.05, 4.69) is 11.9 Å². The number of fused-ring (bicyclic) bond motifs is 1. The SMILES string of the molecule is CN1CCC[C@@H]1CC1CSc2ccc(F)cc21. The summed E-state index contributed by atoms with van der Waals surface area (Å²) in [5, 5.41) is 0. The highest BCUT2D eigenvalue weighted by atomic mass is 32.2. The van der Waals surface area contributed by atoms with Gasteiger partial charge in [0, 0.05) is 16.7 Å². The van der Waals surface area contributed by atoms with Crippen molar-refractivity contribution in [2.24, 2.45) is 0 Å². The van der Waals surface area contributed by atoms with Gasteiger partial charge in [-0.05, 0) is 62.5 Å². The van der Waals surface area contributed by atoms with Gasteiger partial charge in [-0.3, -0.25) is 0 Å². The monoisotopic (exact) mass is 251 g/mol. The standard InChI is InChI=1S/C14H18FNS/c1-16-6-2-3-12(16)7-10-9-17-14-5-4-11(15)8-13(10)14/h4-5,8,10,12H,2-3,6-7,9H2,1H3/t10?,12-/m1/s1. The van der Waals surface area contributed by atoms with Crippen LogP contribution in [0.1, 0.15) is 30.7 Å². The molecule has 2 aliphatic rings. The first-order chi connectivity index (χ1) is 8.24. The second-order valence-electron chi connectivity index (χ2n) is 5.20. The van der Waals surface area contributed by atoms with Crippen molar-refractivity contribution in [3.63, 3.8) is 0 Å². The summed E-state index contributed by atoms with van der Waals surface area (Å²) in [7, 11) is 2.21. The first-order valence-electron chi connectivity index (χ1n) is 6.36. The second kappa shape index (κ2) is 4.62. The van der Waals surface area contributed by atoms with Crippen molar-refractivity contribution >= 4 is 11.8 Å². The van der Waals surface area contributed by atoms with E-state index in [9.17, 15) is 4.39 Å². The molecule has 0 saturated carbocycles. The van der Waals surface area contributed by atoms with Gasteiger partial charge in [-0.25, -0.2) is 4.39 Å². The van der Waals surface area contributed by atoms with Gasteiger partial charge in [-0.2, -0.15) is 0 Å². The van der Waals surface area contributed by atoms with Crippen molar-refractivity contribution in [2.75, 3.05) is 19.3 Å². The lowest BCUT2D eigenvalue weighted by Crippen LogP contribution is -2.26. The van der Waals surface area contributed by atoms with E-state index in [1.165, 1.54) is 36.3 Å². The van der Waals surface area contributed by atoms with E-state index in [4.69, 9.17) is 0 Å². The van der Waals surface area contributed by atoms with Crippen LogP contribution in [0.25, 0.3) is 0 Å². The summed E-state index contributed by atoms with van der Waals surface area (Å²) in [6.07, 6.45) is 3.82. The fourth-order valence-electron chi connectivity index (χ4n) is 3.05. The molecule has 17 heavy (non-hydrogen) atoms. The molecular weight excluding hydrogens is 233 g/mol. The molecule has 0 aliphatic carbocycles. The molecule has 2 atom stereocenters. The van der Waals surface area contributed by atoms with Gasteiger partial charge in [0.25, 0.3) is 0 Å². The summed E-state index contributed by atoms with van der Waals surface area (Å²) < 4.78 is 13.3. The summed E-state index contributed by atoms with van der Waals surface area (Å²) in [6, 6.07) is 5.97. The largest absolute Gasteiger partial charge is 0.303 e. The van der Waals surface area contributed by atoms with E-state index in [-0.39, 0.29) is 5.82 Å². The highest BCUT2D eigenvalue weighted by Crippen LogP contribution is 2.43. The fourth-order valence-corrected chi connectivity index (χ4v) is 4.30. The molecule has 2 aliphatic heterocycles. The molecule has 0 spiro atoms. The van der Waals surface area contributed by atoms with E-state index < -0.39 is 0 Å².